The van der Waals surface area contributed by atoms with E-state index < -0.39 is 0 Å². The molecule has 0 heterocycles. The zero-order chi connectivity index (χ0) is 14.5. The zero-order valence-electron chi connectivity index (χ0n) is 10.7. The molecule has 0 aliphatic rings. The van der Waals surface area contributed by atoms with Crippen LogP contribution in [-0.2, 0) is 12.8 Å². The number of hydrogen-bond acceptors (Lipinski definition) is 2. The van der Waals surface area contributed by atoms with Gasteiger partial charge in [0.05, 0.1) is 0 Å². The van der Waals surface area contributed by atoms with Gasteiger partial charge in [-0.2, -0.15) is 0 Å². The summed E-state index contributed by atoms with van der Waals surface area (Å²) in [5, 5.41) is 0.697. The minimum Gasteiger partial charge on any atom is -0.271 e. The third-order valence-corrected chi connectivity index (χ3v) is 4.00. The molecule has 2 nitrogen and oxygen atoms in total. The first-order chi connectivity index (χ1) is 9.60. The molecule has 0 radical (unpaired) electrons. The van der Waals surface area contributed by atoms with E-state index in [2.05, 4.69) is 21.4 Å². The Bertz CT molecular complexity index is 592. The summed E-state index contributed by atoms with van der Waals surface area (Å²) in [5.41, 5.74) is 4.35. The lowest BCUT2D eigenvalue weighted by Crippen LogP contribution is -2.38. The van der Waals surface area contributed by atoms with Crippen molar-refractivity contribution in [2.45, 2.75) is 18.9 Å². The van der Waals surface area contributed by atoms with Crippen LogP contribution in [0.3, 0.4) is 0 Å². The molecule has 2 rings (SSSR count). The van der Waals surface area contributed by atoms with Crippen molar-refractivity contribution >= 4 is 27.5 Å². The molecule has 0 aliphatic heterocycles. The molecule has 2 aromatic carbocycles. The maximum absolute atomic E-state index is 13.8. The number of rotatable bonds is 5. The van der Waals surface area contributed by atoms with Gasteiger partial charge >= 0.3 is 0 Å². The highest BCUT2D eigenvalue weighted by atomic mass is 79.9. The lowest BCUT2D eigenvalue weighted by Gasteiger charge is -2.17. The minimum absolute atomic E-state index is 0.0845. The molecule has 0 aromatic heterocycles. The van der Waals surface area contributed by atoms with Crippen molar-refractivity contribution in [2.24, 2.45) is 5.84 Å². The van der Waals surface area contributed by atoms with Crippen LogP contribution in [0.2, 0.25) is 5.02 Å². The summed E-state index contributed by atoms with van der Waals surface area (Å²) >= 11 is 9.48. The van der Waals surface area contributed by atoms with Crippen LogP contribution < -0.4 is 11.3 Å². The molecule has 0 amide bonds. The highest BCUT2D eigenvalue weighted by Crippen LogP contribution is 2.20. The molecule has 0 saturated heterocycles. The third-order valence-electron chi connectivity index (χ3n) is 3.13. The quantitative estimate of drug-likeness (QED) is 0.630. The number of hydrogen-bond donors (Lipinski definition) is 2. The minimum atomic E-state index is -0.229. The van der Waals surface area contributed by atoms with Crippen molar-refractivity contribution in [3.63, 3.8) is 0 Å². The molecule has 0 saturated carbocycles. The van der Waals surface area contributed by atoms with E-state index in [4.69, 9.17) is 17.4 Å². The summed E-state index contributed by atoms with van der Waals surface area (Å²) < 4.78 is 14.6. The van der Waals surface area contributed by atoms with E-state index in [1.807, 2.05) is 24.3 Å². The van der Waals surface area contributed by atoms with E-state index in [1.54, 1.807) is 12.1 Å². The summed E-state index contributed by atoms with van der Waals surface area (Å²) in [7, 11) is 0. The van der Waals surface area contributed by atoms with Crippen LogP contribution in [0.1, 0.15) is 11.1 Å². The third kappa shape index (κ3) is 4.03. The fourth-order valence-electron chi connectivity index (χ4n) is 2.08. The number of benzene rings is 2. The van der Waals surface area contributed by atoms with Crippen LogP contribution in [0, 0.1) is 5.82 Å². The first kappa shape index (κ1) is 15.4. The lowest BCUT2D eigenvalue weighted by atomic mass is 9.99. The van der Waals surface area contributed by atoms with Crippen molar-refractivity contribution in [1.82, 2.24) is 5.43 Å². The van der Waals surface area contributed by atoms with Crippen LogP contribution >= 0.6 is 27.5 Å². The van der Waals surface area contributed by atoms with Crippen molar-refractivity contribution in [1.29, 1.82) is 0 Å². The Morgan fingerprint density at radius 3 is 2.55 bits per heavy atom. The Balaban J connectivity index is 2.13. The Labute approximate surface area is 131 Å². The highest BCUT2D eigenvalue weighted by Gasteiger charge is 2.13. The average molecular weight is 358 g/mol. The smallest absolute Gasteiger partial charge is 0.126 e. The van der Waals surface area contributed by atoms with Gasteiger partial charge in [-0.15, -0.1) is 0 Å². The fourth-order valence-corrected chi connectivity index (χ4v) is 2.71. The largest absolute Gasteiger partial charge is 0.271 e. The lowest BCUT2D eigenvalue weighted by molar-refractivity contribution is 0.506. The second-order valence-electron chi connectivity index (χ2n) is 4.60. The van der Waals surface area contributed by atoms with E-state index in [9.17, 15) is 4.39 Å². The summed E-state index contributed by atoms with van der Waals surface area (Å²) in [6, 6.07) is 12.4. The van der Waals surface area contributed by atoms with E-state index in [0.29, 0.717) is 23.4 Å². The standard InChI is InChI=1S/C15H15BrClFN2/c16-12-5-6-15(18)11(7-12)9-13(20-19)8-10-3-1-2-4-14(10)17/h1-7,13,20H,8-9,19H2. The van der Waals surface area contributed by atoms with Crippen LogP contribution in [0.15, 0.2) is 46.9 Å². The van der Waals surface area contributed by atoms with Crippen LogP contribution in [-0.4, -0.2) is 6.04 Å². The second-order valence-corrected chi connectivity index (χ2v) is 5.92. The fraction of sp³-hybridized carbons (Fsp3) is 0.200. The van der Waals surface area contributed by atoms with Gasteiger partial charge in [0.15, 0.2) is 0 Å². The number of halogens is 3. The molecule has 5 heteroatoms. The van der Waals surface area contributed by atoms with E-state index in [0.717, 1.165) is 10.0 Å². The molecule has 1 atom stereocenters. The van der Waals surface area contributed by atoms with Gasteiger partial charge in [0.2, 0.25) is 0 Å². The van der Waals surface area contributed by atoms with Gasteiger partial charge in [-0.25, -0.2) is 4.39 Å². The Kier molecular flexibility index (Phi) is 5.54. The summed E-state index contributed by atoms with van der Waals surface area (Å²) in [4.78, 5) is 0. The topological polar surface area (TPSA) is 38.0 Å². The molecule has 1 unspecified atom stereocenters. The van der Waals surface area contributed by atoms with E-state index in [1.165, 1.54) is 6.07 Å². The highest BCUT2D eigenvalue weighted by molar-refractivity contribution is 9.10. The monoisotopic (exact) mass is 356 g/mol. The van der Waals surface area contributed by atoms with E-state index >= 15 is 0 Å². The molecule has 0 spiro atoms. The molecule has 106 valence electrons. The Morgan fingerprint density at radius 2 is 1.85 bits per heavy atom. The Morgan fingerprint density at radius 1 is 1.15 bits per heavy atom. The summed E-state index contributed by atoms with van der Waals surface area (Å²) in [6.07, 6.45) is 1.13. The van der Waals surface area contributed by atoms with Gasteiger partial charge in [0, 0.05) is 15.5 Å². The van der Waals surface area contributed by atoms with Crippen LogP contribution in [0.4, 0.5) is 4.39 Å². The number of nitrogens with one attached hydrogen (secondary N) is 1. The molecule has 0 fully saturated rings. The van der Waals surface area contributed by atoms with Gasteiger partial charge < -0.3 is 0 Å². The van der Waals surface area contributed by atoms with Crippen LogP contribution in [0.25, 0.3) is 0 Å². The maximum atomic E-state index is 13.8. The SMILES string of the molecule is NNC(Cc1cc(Br)ccc1F)Cc1ccccc1Cl. The van der Waals surface area contributed by atoms with Gasteiger partial charge in [0.25, 0.3) is 0 Å². The number of nitrogens with two attached hydrogens (primary N) is 1. The molecule has 3 N–H and O–H groups in total. The maximum Gasteiger partial charge on any atom is 0.126 e. The van der Waals surface area contributed by atoms with Gasteiger partial charge in [-0.1, -0.05) is 45.7 Å². The van der Waals surface area contributed by atoms with Gasteiger partial charge in [-0.3, -0.25) is 11.3 Å². The summed E-state index contributed by atoms with van der Waals surface area (Å²) in [6.45, 7) is 0. The molecular weight excluding hydrogens is 343 g/mol. The van der Waals surface area contributed by atoms with Crippen LogP contribution in [0.5, 0.6) is 0 Å². The van der Waals surface area contributed by atoms with Gasteiger partial charge in [-0.05, 0) is 48.2 Å². The van der Waals surface area contributed by atoms with Crippen molar-refractivity contribution < 1.29 is 4.39 Å². The second kappa shape index (κ2) is 7.18. The van der Waals surface area contributed by atoms with Gasteiger partial charge in [0.1, 0.15) is 5.82 Å². The van der Waals surface area contributed by atoms with Crippen molar-refractivity contribution in [3.8, 4) is 0 Å². The average Bonchev–Trinajstić information content (AvgIpc) is 2.44. The van der Waals surface area contributed by atoms with Crippen molar-refractivity contribution in [2.75, 3.05) is 0 Å². The molecular formula is C15H15BrClFN2. The number of hydrazine groups is 1. The van der Waals surface area contributed by atoms with E-state index in [-0.39, 0.29) is 11.9 Å². The molecule has 20 heavy (non-hydrogen) atoms. The van der Waals surface area contributed by atoms with Crippen molar-refractivity contribution in [3.05, 3.63) is 68.9 Å². The first-order valence-electron chi connectivity index (χ1n) is 6.23. The zero-order valence-corrected chi connectivity index (χ0v) is 13.1. The normalized spacial score (nSPS) is 12.4. The predicted molar refractivity (Wildman–Crippen MR) is 84.1 cm³/mol. The Hall–Kier alpha value is -0.940. The predicted octanol–water partition coefficient (Wildman–Crippen LogP) is 3.86. The first-order valence-corrected chi connectivity index (χ1v) is 7.40. The summed E-state index contributed by atoms with van der Waals surface area (Å²) in [5.74, 6) is 5.35. The molecule has 2 aromatic rings. The molecule has 0 aliphatic carbocycles. The molecule has 0 bridgehead atoms.